The number of amides is 1. The van der Waals surface area contributed by atoms with Crippen molar-refractivity contribution in [2.24, 2.45) is 0 Å². The van der Waals surface area contributed by atoms with Gasteiger partial charge in [0.05, 0.1) is 0 Å². The Balaban J connectivity index is 1.18. The topological polar surface area (TPSA) is 32.3 Å². The van der Waals surface area contributed by atoms with Crippen molar-refractivity contribution in [2.75, 3.05) is 18.4 Å². The lowest BCUT2D eigenvalue weighted by atomic mass is 9.90. The molecular weight excluding hydrogens is 424 g/mol. The molecule has 0 aliphatic carbocycles. The lowest BCUT2D eigenvalue weighted by molar-refractivity contribution is -0.116. The standard InChI is InChI=1S/C29H36N2OS/c32-29(12-5-4-10-22-8-2-1-3-9-22)30-24-14-16-28-26(20-24)27(21-33-28)23-13-15-25-11-6-7-18-31(25)19-17-23/h1-3,8-9,14,16,20-21,23,25H,4-7,10-13,15,17-19H2,(H,30,32). The molecule has 2 aromatic carbocycles. The van der Waals surface area contributed by atoms with Crippen LogP contribution in [0.3, 0.4) is 0 Å². The molecule has 0 bridgehead atoms. The molecule has 0 spiro atoms. The maximum Gasteiger partial charge on any atom is 0.224 e. The Hall–Kier alpha value is -2.17. The minimum atomic E-state index is 0.130. The zero-order valence-corrected chi connectivity index (χ0v) is 20.4. The van der Waals surface area contributed by atoms with E-state index in [0.29, 0.717) is 12.3 Å². The van der Waals surface area contributed by atoms with Crippen molar-refractivity contribution in [1.29, 1.82) is 0 Å². The average Bonchev–Trinajstić information content (AvgIpc) is 3.14. The number of nitrogens with zero attached hydrogens (tertiary/aromatic N) is 1. The van der Waals surface area contributed by atoms with E-state index in [-0.39, 0.29) is 5.91 Å². The lowest BCUT2D eigenvalue weighted by Gasteiger charge is -2.33. The van der Waals surface area contributed by atoms with Crippen LogP contribution in [-0.4, -0.2) is 29.9 Å². The Bertz CT molecular complexity index is 1040. The smallest absolute Gasteiger partial charge is 0.224 e. The van der Waals surface area contributed by atoms with Gasteiger partial charge in [-0.2, -0.15) is 0 Å². The van der Waals surface area contributed by atoms with Crippen LogP contribution in [0.25, 0.3) is 10.1 Å². The number of fused-ring (bicyclic) bond motifs is 2. The molecule has 3 nitrogen and oxygen atoms in total. The molecule has 1 N–H and O–H groups in total. The van der Waals surface area contributed by atoms with Crippen molar-refractivity contribution < 1.29 is 4.79 Å². The van der Waals surface area contributed by atoms with Gasteiger partial charge in [-0.05, 0) is 110 Å². The van der Waals surface area contributed by atoms with E-state index in [0.717, 1.165) is 31.0 Å². The largest absolute Gasteiger partial charge is 0.326 e. The second-order valence-corrected chi connectivity index (χ2v) is 10.8. The number of carbonyl (C=O) groups excluding carboxylic acids is 1. The molecule has 3 aromatic rings. The first-order valence-corrected chi connectivity index (χ1v) is 13.7. The highest BCUT2D eigenvalue weighted by atomic mass is 32.1. The Labute approximate surface area is 202 Å². The van der Waals surface area contributed by atoms with E-state index in [4.69, 9.17) is 0 Å². The fourth-order valence-electron chi connectivity index (χ4n) is 5.78. The average molecular weight is 461 g/mol. The van der Waals surface area contributed by atoms with Crippen LogP contribution in [0.4, 0.5) is 5.69 Å². The van der Waals surface area contributed by atoms with Crippen LogP contribution in [0.5, 0.6) is 0 Å². The summed E-state index contributed by atoms with van der Waals surface area (Å²) in [6, 6.07) is 17.8. The number of anilines is 1. The number of carbonyl (C=O) groups is 1. The van der Waals surface area contributed by atoms with Crippen LogP contribution in [0.15, 0.2) is 53.9 Å². The first-order chi connectivity index (χ1) is 16.3. The van der Waals surface area contributed by atoms with Crippen molar-refractivity contribution in [1.82, 2.24) is 4.90 Å². The van der Waals surface area contributed by atoms with Gasteiger partial charge in [-0.3, -0.25) is 4.79 Å². The maximum absolute atomic E-state index is 12.6. The molecule has 33 heavy (non-hydrogen) atoms. The summed E-state index contributed by atoms with van der Waals surface area (Å²) < 4.78 is 1.34. The van der Waals surface area contributed by atoms with Gasteiger partial charge < -0.3 is 10.2 Å². The minimum absolute atomic E-state index is 0.130. The van der Waals surface area contributed by atoms with Crippen LogP contribution < -0.4 is 5.32 Å². The number of hydrogen-bond donors (Lipinski definition) is 1. The van der Waals surface area contributed by atoms with Crippen LogP contribution >= 0.6 is 11.3 Å². The van der Waals surface area contributed by atoms with Gasteiger partial charge in [0.1, 0.15) is 0 Å². The molecule has 2 unspecified atom stereocenters. The van der Waals surface area contributed by atoms with Gasteiger partial charge in [0.2, 0.25) is 5.91 Å². The van der Waals surface area contributed by atoms with Crippen molar-refractivity contribution in [3.8, 4) is 0 Å². The molecule has 2 fully saturated rings. The molecule has 2 saturated heterocycles. The van der Waals surface area contributed by atoms with Gasteiger partial charge in [-0.1, -0.05) is 36.8 Å². The van der Waals surface area contributed by atoms with Gasteiger partial charge in [0, 0.05) is 22.8 Å². The summed E-state index contributed by atoms with van der Waals surface area (Å²) in [5.41, 5.74) is 3.80. The molecule has 4 heteroatoms. The molecule has 5 rings (SSSR count). The number of unbranched alkanes of at least 4 members (excludes halogenated alkanes) is 1. The summed E-state index contributed by atoms with van der Waals surface area (Å²) in [6.45, 7) is 2.54. The number of aryl methyl sites for hydroxylation is 1. The highest BCUT2D eigenvalue weighted by molar-refractivity contribution is 7.17. The third kappa shape index (κ3) is 5.67. The summed E-state index contributed by atoms with van der Waals surface area (Å²) in [6.07, 6.45) is 11.7. The minimum Gasteiger partial charge on any atom is -0.326 e. The van der Waals surface area contributed by atoms with E-state index < -0.39 is 0 Å². The van der Waals surface area contributed by atoms with Gasteiger partial charge in [-0.25, -0.2) is 0 Å². The summed E-state index contributed by atoms with van der Waals surface area (Å²) >= 11 is 1.86. The first-order valence-electron chi connectivity index (χ1n) is 12.9. The van der Waals surface area contributed by atoms with Crippen LogP contribution in [-0.2, 0) is 11.2 Å². The molecule has 174 valence electrons. The normalized spacial score (nSPS) is 21.5. The van der Waals surface area contributed by atoms with E-state index in [1.165, 1.54) is 72.8 Å². The first kappa shape index (κ1) is 22.6. The molecule has 1 amide bonds. The molecule has 2 aliphatic rings. The molecular formula is C29H36N2OS. The quantitative estimate of drug-likeness (QED) is 0.373. The number of piperidine rings is 1. The summed E-state index contributed by atoms with van der Waals surface area (Å²) in [4.78, 5) is 15.3. The summed E-state index contributed by atoms with van der Waals surface area (Å²) in [5, 5.41) is 6.90. The fourth-order valence-corrected chi connectivity index (χ4v) is 6.80. The van der Waals surface area contributed by atoms with Gasteiger partial charge in [0.15, 0.2) is 0 Å². The van der Waals surface area contributed by atoms with E-state index in [9.17, 15) is 4.79 Å². The number of rotatable bonds is 7. The van der Waals surface area contributed by atoms with E-state index >= 15 is 0 Å². The number of thiophene rings is 1. The van der Waals surface area contributed by atoms with Crippen LogP contribution in [0.2, 0.25) is 0 Å². The summed E-state index contributed by atoms with van der Waals surface area (Å²) in [5.74, 6) is 0.777. The Morgan fingerprint density at radius 2 is 1.88 bits per heavy atom. The third-order valence-electron chi connectivity index (χ3n) is 7.65. The van der Waals surface area contributed by atoms with E-state index in [1.807, 2.05) is 17.4 Å². The zero-order chi connectivity index (χ0) is 22.5. The van der Waals surface area contributed by atoms with E-state index in [1.54, 1.807) is 0 Å². The predicted octanol–water partition coefficient (Wildman–Crippen LogP) is 7.37. The molecule has 0 radical (unpaired) electrons. The Kier molecular flexibility index (Phi) is 7.43. The van der Waals surface area contributed by atoms with Crippen molar-refractivity contribution >= 4 is 33.0 Å². The molecule has 2 aliphatic heterocycles. The lowest BCUT2D eigenvalue weighted by Crippen LogP contribution is -2.38. The van der Waals surface area contributed by atoms with Crippen molar-refractivity contribution in [3.05, 3.63) is 65.0 Å². The monoisotopic (exact) mass is 460 g/mol. The second kappa shape index (κ2) is 10.8. The fraction of sp³-hybridized carbons (Fsp3) is 0.483. The molecule has 0 saturated carbocycles. The Morgan fingerprint density at radius 3 is 2.79 bits per heavy atom. The molecule has 3 heterocycles. The van der Waals surface area contributed by atoms with Gasteiger partial charge in [-0.15, -0.1) is 11.3 Å². The van der Waals surface area contributed by atoms with E-state index in [2.05, 4.69) is 58.1 Å². The number of hydrogen-bond acceptors (Lipinski definition) is 3. The number of nitrogens with one attached hydrogen (secondary N) is 1. The Morgan fingerprint density at radius 1 is 0.970 bits per heavy atom. The highest BCUT2D eigenvalue weighted by Gasteiger charge is 2.28. The van der Waals surface area contributed by atoms with Gasteiger partial charge in [0.25, 0.3) is 0 Å². The van der Waals surface area contributed by atoms with Crippen LogP contribution in [0, 0.1) is 0 Å². The number of benzene rings is 2. The molecule has 2 atom stereocenters. The van der Waals surface area contributed by atoms with Crippen molar-refractivity contribution in [3.63, 3.8) is 0 Å². The summed E-state index contributed by atoms with van der Waals surface area (Å²) in [7, 11) is 0. The molecule has 1 aromatic heterocycles. The predicted molar refractivity (Wildman–Crippen MR) is 140 cm³/mol. The second-order valence-electron chi connectivity index (χ2n) is 9.89. The van der Waals surface area contributed by atoms with Crippen molar-refractivity contribution in [2.45, 2.75) is 76.2 Å². The van der Waals surface area contributed by atoms with Gasteiger partial charge >= 0.3 is 0 Å². The third-order valence-corrected chi connectivity index (χ3v) is 8.63. The highest BCUT2D eigenvalue weighted by Crippen LogP contribution is 2.40. The zero-order valence-electron chi connectivity index (χ0n) is 19.6. The van der Waals surface area contributed by atoms with Crippen LogP contribution in [0.1, 0.15) is 74.8 Å². The SMILES string of the molecule is O=C(CCCCc1ccccc1)Nc1ccc2scc(C3CCC4CCCCN4CC3)c2c1. The maximum atomic E-state index is 12.6.